The lowest BCUT2D eigenvalue weighted by Gasteiger charge is -2.11. The van der Waals surface area contributed by atoms with E-state index in [0.29, 0.717) is 11.3 Å². The van der Waals surface area contributed by atoms with Gasteiger partial charge in [-0.15, -0.1) is 0 Å². The maximum atomic E-state index is 12.7. The van der Waals surface area contributed by atoms with E-state index in [9.17, 15) is 4.79 Å². The van der Waals surface area contributed by atoms with Crippen molar-refractivity contribution >= 4 is 11.6 Å². The highest BCUT2D eigenvalue weighted by Crippen LogP contribution is 2.24. The highest BCUT2D eigenvalue weighted by molar-refractivity contribution is 6.04. The molecule has 2 aromatic carbocycles. The van der Waals surface area contributed by atoms with Gasteiger partial charge < -0.3 is 14.6 Å². The molecule has 0 bridgehead atoms. The van der Waals surface area contributed by atoms with Gasteiger partial charge >= 0.3 is 0 Å². The van der Waals surface area contributed by atoms with Gasteiger partial charge in [0.2, 0.25) is 0 Å². The van der Waals surface area contributed by atoms with Gasteiger partial charge in [0.25, 0.3) is 5.91 Å². The molecule has 0 unspecified atom stereocenters. The molecule has 0 aliphatic rings. The summed E-state index contributed by atoms with van der Waals surface area (Å²) in [6, 6.07) is 11.8. The summed E-state index contributed by atoms with van der Waals surface area (Å²) in [5.41, 5.74) is 6.03. The van der Waals surface area contributed by atoms with E-state index < -0.39 is 0 Å². The number of aryl methyl sites for hydroxylation is 4. The zero-order valence-corrected chi connectivity index (χ0v) is 16.3. The van der Waals surface area contributed by atoms with Crippen molar-refractivity contribution in [3.63, 3.8) is 0 Å². The molecule has 1 aromatic heterocycles. The van der Waals surface area contributed by atoms with Crippen molar-refractivity contribution in [2.24, 2.45) is 0 Å². The van der Waals surface area contributed by atoms with Crippen LogP contribution >= 0.6 is 0 Å². The maximum Gasteiger partial charge on any atom is 0.278 e. The molecular weight excluding hydrogens is 340 g/mol. The number of hydrogen-bond acceptors (Lipinski definition) is 4. The van der Waals surface area contributed by atoms with E-state index in [-0.39, 0.29) is 18.2 Å². The fourth-order valence-electron chi connectivity index (χ4n) is 3.01. The first kappa shape index (κ1) is 18.7. The molecule has 27 heavy (non-hydrogen) atoms. The number of ether oxygens (including phenoxy) is 1. The molecule has 0 radical (unpaired) electrons. The van der Waals surface area contributed by atoms with Crippen molar-refractivity contribution in [3.05, 3.63) is 75.7 Å². The molecule has 0 saturated heterocycles. The Morgan fingerprint density at radius 1 is 1.07 bits per heavy atom. The second-order valence-corrected chi connectivity index (χ2v) is 6.88. The van der Waals surface area contributed by atoms with Crippen molar-refractivity contribution in [2.45, 2.75) is 41.2 Å². The lowest BCUT2D eigenvalue weighted by molar-refractivity contribution is 0.101. The number of benzene rings is 2. The Bertz CT molecular complexity index is 969. The Kier molecular flexibility index (Phi) is 5.31. The third-order valence-corrected chi connectivity index (χ3v) is 4.61. The fraction of sp³-hybridized carbons (Fsp3) is 0.273. The standard InChI is InChI=1S/C22H24N2O3/c1-13-9-14(2)11-18(10-13)23-22(25)21-19(17(5)27-24-21)12-26-20-8-6-7-15(3)16(20)4/h6-11H,12H2,1-5H3,(H,23,25). The van der Waals surface area contributed by atoms with Crippen molar-refractivity contribution in [1.82, 2.24) is 5.16 Å². The Hall–Kier alpha value is -3.08. The highest BCUT2D eigenvalue weighted by atomic mass is 16.5. The van der Waals surface area contributed by atoms with Crippen LogP contribution in [0.3, 0.4) is 0 Å². The predicted molar refractivity (Wildman–Crippen MR) is 105 cm³/mol. The summed E-state index contributed by atoms with van der Waals surface area (Å²) >= 11 is 0. The van der Waals surface area contributed by atoms with Crippen LogP contribution in [0.25, 0.3) is 0 Å². The van der Waals surface area contributed by atoms with Gasteiger partial charge in [0.1, 0.15) is 18.1 Å². The summed E-state index contributed by atoms with van der Waals surface area (Å²) in [5.74, 6) is 1.05. The predicted octanol–water partition coefficient (Wildman–Crippen LogP) is 5.05. The van der Waals surface area contributed by atoms with Gasteiger partial charge in [-0.25, -0.2) is 0 Å². The Morgan fingerprint density at radius 3 is 2.48 bits per heavy atom. The van der Waals surface area contributed by atoms with E-state index >= 15 is 0 Å². The topological polar surface area (TPSA) is 64.4 Å². The minimum absolute atomic E-state index is 0.217. The van der Waals surface area contributed by atoms with Crippen LogP contribution in [0.2, 0.25) is 0 Å². The van der Waals surface area contributed by atoms with Gasteiger partial charge in [0, 0.05) is 5.69 Å². The minimum atomic E-state index is -0.309. The zero-order valence-electron chi connectivity index (χ0n) is 16.3. The molecule has 0 spiro atoms. The Labute approximate surface area is 159 Å². The molecule has 140 valence electrons. The van der Waals surface area contributed by atoms with Crippen LogP contribution in [0.4, 0.5) is 5.69 Å². The number of aromatic nitrogens is 1. The maximum absolute atomic E-state index is 12.7. The first-order valence-electron chi connectivity index (χ1n) is 8.89. The lowest BCUT2D eigenvalue weighted by Crippen LogP contribution is -2.15. The fourth-order valence-corrected chi connectivity index (χ4v) is 3.01. The van der Waals surface area contributed by atoms with Gasteiger partial charge in [-0.3, -0.25) is 4.79 Å². The smallest absolute Gasteiger partial charge is 0.278 e. The normalized spacial score (nSPS) is 10.7. The highest BCUT2D eigenvalue weighted by Gasteiger charge is 2.21. The van der Waals surface area contributed by atoms with Crippen LogP contribution in [0, 0.1) is 34.6 Å². The number of rotatable bonds is 5. The van der Waals surface area contributed by atoms with Crippen molar-refractivity contribution in [2.75, 3.05) is 5.32 Å². The van der Waals surface area contributed by atoms with E-state index in [1.807, 2.05) is 58.0 Å². The quantitative estimate of drug-likeness (QED) is 0.688. The van der Waals surface area contributed by atoms with E-state index in [1.165, 1.54) is 0 Å². The molecule has 1 heterocycles. The van der Waals surface area contributed by atoms with Gasteiger partial charge in [0.05, 0.1) is 5.56 Å². The Balaban J connectivity index is 1.79. The van der Waals surface area contributed by atoms with E-state index in [4.69, 9.17) is 9.26 Å². The lowest BCUT2D eigenvalue weighted by atomic mass is 10.1. The van der Waals surface area contributed by atoms with Crippen molar-refractivity contribution < 1.29 is 14.1 Å². The molecular formula is C22H24N2O3. The largest absolute Gasteiger partial charge is 0.488 e. The molecule has 3 rings (SSSR count). The molecule has 0 aliphatic heterocycles. The Morgan fingerprint density at radius 2 is 1.78 bits per heavy atom. The number of carbonyl (C=O) groups is 1. The number of nitrogens with one attached hydrogen (secondary N) is 1. The first-order valence-corrected chi connectivity index (χ1v) is 8.89. The second-order valence-electron chi connectivity index (χ2n) is 6.88. The van der Waals surface area contributed by atoms with E-state index in [2.05, 4.69) is 16.5 Å². The van der Waals surface area contributed by atoms with Crippen molar-refractivity contribution in [3.8, 4) is 5.75 Å². The molecule has 1 amide bonds. The third kappa shape index (κ3) is 4.19. The average Bonchev–Trinajstić information content (AvgIpc) is 2.96. The second kappa shape index (κ2) is 7.66. The minimum Gasteiger partial charge on any atom is -0.488 e. The van der Waals surface area contributed by atoms with Gasteiger partial charge in [-0.2, -0.15) is 0 Å². The van der Waals surface area contributed by atoms with Crippen LogP contribution in [-0.2, 0) is 6.61 Å². The van der Waals surface area contributed by atoms with Gasteiger partial charge in [-0.05, 0) is 75.1 Å². The monoisotopic (exact) mass is 364 g/mol. The van der Waals surface area contributed by atoms with E-state index in [1.54, 1.807) is 6.92 Å². The molecule has 0 fully saturated rings. The third-order valence-electron chi connectivity index (χ3n) is 4.61. The summed E-state index contributed by atoms with van der Waals surface area (Å²) in [4.78, 5) is 12.7. The molecule has 5 nitrogen and oxygen atoms in total. The van der Waals surface area contributed by atoms with Gasteiger partial charge in [-0.1, -0.05) is 23.4 Å². The molecule has 0 aliphatic carbocycles. The number of anilines is 1. The summed E-state index contributed by atoms with van der Waals surface area (Å²) < 4.78 is 11.2. The van der Waals surface area contributed by atoms with Crippen LogP contribution in [-0.4, -0.2) is 11.1 Å². The van der Waals surface area contributed by atoms with Crippen LogP contribution in [0.5, 0.6) is 5.75 Å². The number of carbonyl (C=O) groups excluding carboxylic acids is 1. The molecule has 0 atom stereocenters. The average molecular weight is 364 g/mol. The van der Waals surface area contributed by atoms with Crippen LogP contribution < -0.4 is 10.1 Å². The molecule has 0 saturated carbocycles. The molecule has 5 heteroatoms. The summed E-state index contributed by atoms with van der Waals surface area (Å²) in [5, 5.41) is 6.84. The summed E-state index contributed by atoms with van der Waals surface area (Å²) in [6.07, 6.45) is 0. The summed E-state index contributed by atoms with van der Waals surface area (Å²) in [7, 11) is 0. The molecule has 3 aromatic rings. The van der Waals surface area contributed by atoms with Gasteiger partial charge in [0.15, 0.2) is 5.69 Å². The number of nitrogens with zero attached hydrogens (tertiary/aromatic N) is 1. The van der Waals surface area contributed by atoms with Crippen LogP contribution in [0.1, 0.15) is 44.1 Å². The SMILES string of the molecule is Cc1cc(C)cc(NC(=O)c2noc(C)c2COc2cccc(C)c2C)c1. The summed E-state index contributed by atoms with van der Waals surface area (Å²) in [6.45, 7) is 10.0. The van der Waals surface area contributed by atoms with Crippen LogP contribution in [0.15, 0.2) is 40.9 Å². The molecule has 1 N–H and O–H groups in total. The zero-order chi connectivity index (χ0) is 19.6. The number of hydrogen-bond donors (Lipinski definition) is 1. The number of amides is 1. The van der Waals surface area contributed by atoms with Crippen molar-refractivity contribution in [1.29, 1.82) is 0 Å². The first-order chi connectivity index (χ1) is 12.8. The van der Waals surface area contributed by atoms with E-state index in [0.717, 1.165) is 33.7 Å².